The van der Waals surface area contributed by atoms with Crippen molar-refractivity contribution < 1.29 is 0 Å². The van der Waals surface area contributed by atoms with Crippen molar-refractivity contribution in [1.29, 1.82) is 5.26 Å². The van der Waals surface area contributed by atoms with Crippen LogP contribution in [0.25, 0.3) is 0 Å². The van der Waals surface area contributed by atoms with Crippen LogP contribution in [0.15, 0.2) is 18.2 Å². The molecule has 0 aromatic heterocycles. The number of nitriles is 1. The zero-order valence-electron chi connectivity index (χ0n) is 13.7. The minimum atomic E-state index is 0.184. The predicted molar refractivity (Wildman–Crippen MR) is 92.6 cm³/mol. The van der Waals surface area contributed by atoms with Gasteiger partial charge >= 0.3 is 0 Å². The quantitative estimate of drug-likeness (QED) is 0.819. The summed E-state index contributed by atoms with van der Waals surface area (Å²) in [6, 6.07) is 8.88. The van der Waals surface area contributed by atoms with E-state index in [0.29, 0.717) is 11.5 Å². The molecule has 1 unspecified atom stereocenters. The van der Waals surface area contributed by atoms with E-state index in [1.54, 1.807) is 0 Å². The fourth-order valence-corrected chi connectivity index (χ4v) is 4.57. The summed E-state index contributed by atoms with van der Waals surface area (Å²) in [5, 5.41) is 12.7. The van der Waals surface area contributed by atoms with Crippen molar-refractivity contribution in [3.63, 3.8) is 0 Å². The topological polar surface area (TPSA) is 47.9 Å². The van der Waals surface area contributed by atoms with Crippen molar-refractivity contribution in [3.8, 4) is 6.07 Å². The summed E-state index contributed by atoms with van der Waals surface area (Å²) < 4.78 is 3.95. The largest absolute Gasteiger partial charge is 0.317 e. The van der Waals surface area contributed by atoms with Gasteiger partial charge in [-0.05, 0) is 81.8 Å². The van der Waals surface area contributed by atoms with Gasteiger partial charge in [0.15, 0.2) is 0 Å². The van der Waals surface area contributed by atoms with Crippen LogP contribution in [-0.4, -0.2) is 17.8 Å². The van der Waals surface area contributed by atoms with Gasteiger partial charge in [0.1, 0.15) is 0 Å². The molecule has 1 aromatic carbocycles. The van der Waals surface area contributed by atoms with E-state index in [-0.39, 0.29) is 4.75 Å². The molecule has 1 aliphatic heterocycles. The van der Waals surface area contributed by atoms with Crippen LogP contribution < -0.4 is 10.0 Å². The van der Waals surface area contributed by atoms with E-state index >= 15 is 0 Å². The van der Waals surface area contributed by atoms with E-state index in [4.69, 9.17) is 0 Å². The summed E-state index contributed by atoms with van der Waals surface area (Å²) in [7, 11) is 0. The van der Waals surface area contributed by atoms with E-state index in [2.05, 4.69) is 49.0 Å². The lowest BCUT2D eigenvalue weighted by atomic mass is 9.73. The SMILES string of the molecule is CC(C)(C)SNC1c2cc(C#N)ccc2CC12CCNCC2. The number of benzene rings is 1. The fraction of sp³-hybridized carbons (Fsp3) is 0.611. The maximum absolute atomic E-state index is 9.23. The Morgan fingerprint density at radius 1 is 1.32 bits per heavy atom. The summed E-state index contributed by atoms with van der Waals surface area (Å²) in [6.07, 6.45) is 3.54. The summed E-state index contributed by atoms with van der Waals surface area (Å²) in [6.45, 7) is 8.90. The Labute approximate surface area is 138 Å². The first-order chi connectivity index (χ1) is 10.4. The van der Waals surface area contributed by atoms with Crippen molar-refractivity contribution in [3.05, 3.63) is 34.9 Å². The number of piperidine rings is 1. The second-order valence-electron chi connectivity index (χ2n) is 7.58. The van der Waals surface area contributed by atoms with Gasteiger partial charge in [-0.15, -0.1) is 0 Å². The molecule has 1 heterocycles. The third kappa shape index (κ3) is 3.03. The van der Waals surface area contributed by atoms with Crippen molar-refractivity contribution in [2.75, 3.05) is 13.1 Å². The molecule has 0 amide bonds. The molecule has 1 spiro atoms. The number of nitrogens with one attached hydrogen (secondary N) is 2. The third-order valence-electron chi connectivity index (χ3n) is 4.82. The fourth-order valence-electron chi connectivity index (χ4n) is 3.72. The standard InChI is InChI=1S/C18H25N3S/c1-17(2,3)22-21-16-15-10-13(12-19)4-5-14(15)11-18(16)6-8-20-9-7-18/h4-5,10,16,20-21H,6-9,11H2,1-3H3. The minimum Gasteiger partial charge on any atom is -0.317 e. The summed E-state index contributed by atoms with van der Waals surface area (Å²) in [5.41, 5.74) is 3.85. The Kier molecular flexibility index (Phi) is 4.24. The first-order valence-corrected chi connectivity index (χ1v) is 8.92. The van der Waals surface area contributed by atoms with E-state index in [1.807, 2.05) is 18.0 Å². The maximum Gasteiger partial charge on any atom is 0.0991 e. The van der Waals surface area contributed by atoms with E-state index in [0.717, 1.165) is 25.1 Å². The highest BCUT2D eigenvalue weighted by atomic mass is 32.2. The normalized spacial score (nSPS) is 23.3. The molecule has 3 rings (SSSR count). The Morgan fingerprint density at radius 3 is 2.68 bits per heavy atom. The van der Waals surface area contributed by atoms with Gasteiger partial charge in [-0.1, -0.05) is 18.0 Å². The zero-order valence-corrected chi connectivity index (χ0v) is 14.5. The van der Waals surface area contributed by atoms with E-state index < -0.39 is 0 Å². The molecule has 1 fully saturated rings. The average Bonchev–Trinajstić information content (AvgIpc) is 2.76. The first-order valence-electron chi connectivity index (χ1n) is 8.11. The molecule has 3 nitrogen and oxygen atoms in total. The molecule has 1 saturated heterocycles. The first kappa shape index (κ1) is 15.9. The van der Waals surface area contributed by atoms with Crippen LogP contribution in [0.3, 0.4) is 0 Å². The van der Waals surface area contributed by atoms with Gasteiger partial charge in [-0.2, -0.15) is 5.26 Å². The van der Waals surface area contributed by atoms with Crippen LogP contribution in [0.5, 0.6) is 0 Å². The van der Waals surface area contributed by atoms with Crippen LogP contribution in [0.2, 0.25) is 0 Å². The predicted octanol–water partition coefficient (Wildman–Crippen LogP) is 3.56. The Bertz CT molecular complexity index is 591. The number of hydrogen-bond donors (Lipinski definition) is 2. The highest BCUT2D eigenvalue weighted by molar-refractivity contribution is 7.98. The summed E-state index contributed by atoms with van der Waals surface area (Å²) in [5.74, 6) is 0. The van der Waals surface area contributed by atoms with Gasteiger partial charge < -0.3 is 5.32 Å². The molecule has 118 valence electrons. The number of hydrogen-bond acceptors (Lipinski definition) is 4. The molecule has 0 radical (unpaired) electrons. The van der Waals surface area contributed by atoms with Crippen molar-refractivity contribution in [2.24, 2.45) is 5.41 Å². The minimum absolute atomic E-state index is 0.184. The molecule has 4 heteroatoms. The van der Waals surface area contributed by atoms with Gasteiger partial charge in [-0.3, -0.25) is 4.72 Å². The lowest BCUT2D eigenvalue weighted by Gasteiger charge is -2.40. The van der Waals surface area contributed by atoms with Gasteiger partial charge in [0, 0.05) is 10.8 Å². The van der Waals surface area contributed by atoms with Gasteiger partial charge in [0.25, 0.3) is 0 Å². The summed E-state index contributed by atoms with van der Waals surface area (Å²) in [4.78, 5) is 0. The Balaban J connectivity index is 1.94. The van der Waals surface area contributed by atoms with Gasteiger partial charge in [-0.25, -0.2) is 0 Å². The maximum atomic E-state index is 9.23. The lowest BCUT2D eigenvalue weighted by molar-refractivity contribution is 0.166. The van der Waals surface area contributed by atoms with Gasteiger partial charge in [0.2, 0.25) is 0 Å². The molecule has 2 N–H and O–H groups in total. The highest BCUT2D eigenvalue weighted by Crippen LogP contribution is 2.52. The molecule has 0 bridgehead atoms. The monoisotopic (exact) mass is 315 g/mol. The molecule has 1 aromatic rings. The van der Waals surface area contributed by atoms with Crippen LogP contribution in [-0.2, 0) is 6.42 Å². The second kappa shape index (κ2) is 5.88. The van der Waals surface area contributed by atoms with Crippen LogP contribution >= 0.6 is 11.9 Å². The number of rotatable bonds is 2. The average molecular weight is 315 g/mol. The highest BCUT2D eigenvalue weighted by Gasteiger charge is 2.46. The Hall–Kier alpha value is -1.02. The van der Waals surface area contributed by atoms with Crippen LogP contribution in [0.1, 0.15) is 56.3 Å². The lowest BCUT2D eigenvalue weighted by Crippen LogP contribution is -2.43. The molecular formula is C18H25N3S. The number of fused-ring (bicyclic) bond motifs is 1. The van der Waals surface area contributed by atoms with Crippen molar-refractivity contribution >= 4 is 11.9 Å². The Morgan fingerprint density at radius 2 is 2.05 bits per heavy atom. The third-order valence-corrected chi connectivity index (χ3v) is 5.79. The van der Waals surface area contributed by atoms with Crippen molar-refractivity contribution in [2.45, 2.75) is 50.8 Å². The number of nitrogens with zero attached hydrogens (tertiary/aromatic N) is 1. The summed E-state index contributed by atoms with van der Waals surface area (Å²) >= 11 is 1.82. The molecule has 0 saturated carbocycles. The molecule has 1 aliphatic carbocycles. The molecular weight excluding hydrogens is 290 g/mol. The van der Waals surface area contributed by atoms with Crippen molar-refractivity contribution in [1.82, 2.24) is 10.0 Å². The van der Waals surface area contributed by atoms with Crippen LogP contribution in [0.4, 0.5) is 0 Å². The van der Waals surface area contributed by atoms with Gasteiger partial charge in [0.05, 0.1) is 11.6 Å². The van der Waals surface area contributed by atoms with E-state index in [1.165, 1.54) is 24.0 Å². The van der Waals surface area contributed by atoms with Crippen LogP contribution in [0, 0.1) is 16.7 Å². The molecule has 2 aliphatic rings. The second-order valence-corrected chi connectivity index (χ2v) is 9.24. The molecule has 22 heavy (non-hydrogen) atoms. The zero-order chi connectivity index (χ0) is 15.8. The van der Waals surface area contributed by atoms with E-state index in [9.17, 15) is 5.26 Å². The smallest absolute Gasteiger partial charge is 0.0991 e. The molecule has 1 atom stereocenters.